The molecule has 0 aliphatic carbocycles. The van der Waals surface area contributed by atoms with Gasteiger partial charge in [-0.25, -0.2) is 4.90 Å². The lowest BCUT2D eigenvalue weighted by atomic mass is 9.64. The van der Waals surface area contributed by atoms with Crippen LogP contribution >= 0.6 is 0 Å². The normalized spacial score (nSPS) is 27.2. The van der Waals surface area contributed by atoms with Gasteiger partial charge in [-0.05, 0) is 49.9 Å². The molecule has 6 rings (SSSR count). The fourth-order valence-electron chi connectivity index (χ4n) is 6.61. The summed E-state index contributed by atoms with van der Waals surface area (Å²) in [7, 11) is 3.47. The second kappa shape index (κ2) is 7.77. The van der Waals surface area contributed by atoms with E-state index in [4.69, 9.17) is 4.74 Å². The van der Waals surface area contributed by atoms with E-state index >= 15 is 0 Å². The van der Waals surface area contributed by atoms with Gasteiger partial charge in [0.05, 0.1) is 18.2 Å². The van der Waals surface area contributed by atoms with Crippen LogP contribution in [-0.4, -0.2) is 43.3 Å². The smallest absolute Gasteiger partial charge is 0.250 e. The molecular weight excluding hydrogens is 454 g/mol. The highest BCUT2D eigenvalue weighted by Crippen LogP contribution is 2.64. The van der Waals surface area contributed by atoms with Crippen molar-refractivity contribution in [2.75, 3.05) is 30.9 Å². The van der Waals surface area contributed by atoms with Crippen LogP contribution in [0.1, 0.15) is 29.0 Å². The van der Waals surface area contributed by atoms with Crippen LogP contribution in [0.5, 0.6) is 5.75 Å². The van der Waals surface area contributed by atoms with E-state index in [-0.39, 0.29) is 30.7 Å². The summed E-state index contributed by atoms with van der Waals surface area (Å²) in [6.07, 6.45) is 0.0257. The molecule has 3 aliphatic rings. The van der Waals surface area contributed by atoms with E-state index in [0.29, 0.717) is 11.4 Å². The number of amides is 3. The van der Waals surface area contributed by atoms with Crippen molar-refractivity contribution in [3.63, 3.8) is 0 Å². The van der Waals surface area contributed by atoms with Gasteiger partial charge in [0.15, 0.2) is 0 Å². The Morgan fingerprint density at radius 3 is 2.33 bits per heavy atom. The molecule has 2 fully saturated rings. The summed E-state index contributed by atoms with van der Waals surface area (Å²) < 4.78 is 5.37. The van der Waals surface area contributed by atoms with E-state index in [1.807, 2.05) is 79.5 Å². The Morgan fingerprint density at radius 2 is 1.64 bits per heavy atom. The summed E-state index contributed by atoms with van der Waals surface area (Å²) in [4.78, 5) is 45.0. The number of aryl methyl sites for hydroxylation is 1. The van der Waals surface area contributed by atoms with Crippen LogP contribution in [0.4, 0.5) is 11.4 Å². The summed E-state index contributed by atoms with van der Waals surface area (Å²) in [5.74, 6) is -0.605. The van der Waals surface area contributed by atoms with Crippen LogP contribution in [0.15, 0.2) is 72.8 Å². The first-order valence-electron chi connectivity index (χ1n) is 12.0. The highest BCUT2D eigenvalue weighted by atomic mass is 16.5. The molecule has 0 aromatic heterocycles. The number of methoxy groups -OCH3 is 1. The van der Waals surface area contributed by atoms with Gasteiger partial charge in [-0.15, -0.1) is 0 Å². The fourth-order valence-corrected chi connectivity index (χ4v) is 6.61. The highest BCUT2D eigenvalue weighted by molar-refractivity contribution is 6.24. The minimum atomic E-state index is -1.13. The maximum atomic E-state index is 14.4. The monoisotopic (exact) mass is 481 g/mol. The van der Waals surface area contributed by atoms with Crippen molar-refractivity contribution in [2.45, 2.75) is 24.8 Å². The van der Waals surface area contributed by atoms with Crippen LogP contribution in [-0.2, 0) is 19.9 Å². The van der Waals surface area contributed by atoms with E-state index in [1.54, 1.807) is 19.2 Å². The number of ether oxygens (including phenoxy) is 1. The topological polar surface area (TPSA) is 79.0 Å². The fraction of sp³-hybridized carbons (Fsp3) is 0.276. The molecule has 3 amide bonds. The van der Waals surface area contributed by atoms with Crippen molar-refractivity contribution in [1.82, 2.24) is 4.90 Å². The molecule has 3 aromatic rings. The number of para-hydroxylation sites is 1. The number of hydrogen-bond donors (Lipinski definition) is 1. The lowest BCUT2D eigenvalue weighted by Crippen LogP contribution is -2.49. The molecule has 0 radical (unpaired) electrons. The lowest BCUT2D eigenvalue weighted by Gasteiger charge is -2.38. The van der Waals surface area contributed by atoms with Gasteiger partial charge in [-0.3, -0.25) is 19.3 Å². The largest absolute Gasteiger partial charge is 0.497 e. The van der Waals surface area contributed by atoms with Gasteiger partial charge < -0.3 is 10.1 Å². The number of carbonyl (C=O) groups is 3. The third kappa shape index (κ3) is 2.80. The number of likely N-dealkylation sites (N-methyl/N-ethyl adjacent to an activating group) is 1. The predicted molar refractivity (Wildman–Crippen MR) is 136 cm³/mol. The molecule has 3 aliphatic heterocycles. The van der Waals surface area contributed by atoms with Crippen molar-refractivity contribution in [3.8, 4) is 5.75 Å². The third-order valence-electron chi connectivity index (χ3n) is 8.11. The number of anilines is 2. The summed E-state index contributed by atoms with van der Waals surface area (Å²) in [5.41, 5.74) is 1.73. The van der Waals surface area contributed by atoms with Gasteiger partial charge in [0.2, 0.25) is 17.7 Å². The number of imide groups is 1. The first kappa shape index (κ1) is 22.5. The maximum absolute atomic E-state index is 14.4. The van der Waals surface area contributed by atoms with Crippen molar-refractivity contribution in [3.05, 3.63) is 89.5 Å². The average molecular weight is 482 g/mol. The standard InChI is InChI=1S/C29H27N3O4/c1-18-8-12-20(13-9-18)32-24(33)16-28(27(32)35)17-31(2)29(22-6-4-5-7-23(22)30-26(29)34)25(28)19-10-14-21(36-3)15-11-19/h4-15,25H,16-17H2,1-3H3,(H,30,34)/t25-,28+,29+/m0/s1. The van der Waals surface area contributed by atoms with Crippen LogP contribution in [0, 0.1) is 12.3 Å². The Morgan fingerprint density at radius 1 is 0.944 bits per heavy atom. The van der Waals surface area contributed by atoms with Crippen molar-refractivity contribution in [1.29, 1.82) is 0 Å². The molecule has 7 nitrogen and oxygen atoms in total. The second-order valence-corrected chi connectivity index (χ2v) is 10.0. The van der Waals surface area contributed by atoms with Crippen molar-refractivity contribution < 1.29 is 19.1 Å². The number of likely N-dealkylation sites (tertiary alicyclic amines) is 1. The van der Waals surface area contributed by atoms with E-state index in [2.05, 4.69) is 5.32 Å². The molecule has 1 N–H and O–H groups in total. The van der Waals surface area contributed by atoms with Gasteiger partial charge in [0, 0.05) is 30.1 Å². The Kier molecular flexibility index (Phi) is 4.85. The van der Waals surface area contributed by atoms with Crippen LogP contribution in [0.25, 0.3) is 0 Å². The Hall–Kier alpha value is -3.97. The molecule has 3 atom stereocenters. The average Bonchev–Trinajstić information content (AvgIpc) is 3.42. The van der Waals surface area contributed by atoms with Crippen molar-refractivity contribution >= 4 is 29.1 Å². The molecular formula is C29H27N3O4. The molecule has 36 heavy (non-hydrogen) atoms. The van der Waals surface area contributed by atoms with Gasteiger partial charge in [-0.1, -0.05) is 48.0 Å². The number of fused-ring (bicyclic) bond motifs is 2. The molecule has 182 valence electrons. The SMILES string of the molecule is COc1ccc([C@H]2[C@@]3(CC(=O)N(c4ccc(C)cc4)C3=O)CN(C)[C@@]23C(=O)Nc2ccccc23)cc1. The highest BCUT2D eigenvalue weighted by Gasteiger charge is 2.73. The zero-order chi connectivity index (χ0) is 25.2. The zero-order valence-corrected chi connectivity index (χ0v) is 20.4. The van der Waals surface area contributed by atoms with Crippen LogP contribution in [0.2, 0.25) is 0 Å². The second-order valence-electron chi connectivity index (χ2n) is 10.0. The van der Waals surface area contributed by atoms with Gasteiger partial charge in [0.1, 0.15) is 11.3 Å². The number of hydrogen-bond acceptors (Lipinski definition) is 5. The van der Waals surface area contributed by atoms with Gasteiger partial charge in [-0.2, -0.15) is 0 Å². The van der Waals surface area contributed by atoms with Crippen LogP contribution in [0.3, 0.4) is 0 Å². The summed E-state index contributed by atoms with van der Waals surface area (Å²) in [5, 5.41) is 3.05. The molecule has 3 heterocycles. The minimum absolute atomic E-state index is 0.0257. The van der Waals surface area contributed by atoms with E-state index < -0.39 is 16.9 Å². The first-order chi connectivity index (χ1) is 17.3. The van der Waals surface area contributed by atoms with E-state index in [0.717, 1.165) is 22.4 Å². The van der Waals surface area contributed by atoms with Gasteiger partial charge in [0.25, 0.3) is 0 Å². The Labute approximate surface area is 209 Å². The zero-order valence-electron chi connectivity index (χ0n) is 20.4. The summed E-state index contributed by atoms with van der Waals surface area (Å²) in [6.45, 7) is 2.24. The number of benzene rings is 3. The molecule has 0 unspecified atom stereocenters. The quantitative estimate of drug-likeness (QED) is 0.576. The minimum Gasteiger partial charge on any atom is -0.497 e. The van der Waals surface area contributed by atoms with Crippen molar-refractivity contribution in [2.24, 2.45) is 5.41 Å². The van der Waals surface area contributed by atoms with E-state index in [1.165, 1.54) is 4.90 Å². The molecule has 7 heteroatoms. The molecule has 0 bridgehead atoms. The molecule has 3 aromatic carbocycles. The van der Waals surface area contributed by atoms with E-state index in [9.17, 15) is 14.4 Å². The van der Waals surface area contributed by atoms with Crippen LogP contribution < -0.4 is 15.0 Å². The van der Waals surface area contributed by atoms with Gasteiger partial charge >= 0.3 is 0 Å². The summed E-state index contributed by atoms with van der Waals surface area (Å²) >= 11 is 0. The maximum Gasteiger partial charge on any atom is 0.250 e. The molecule has 2 saturated heterocycles. The number of nitrogens with one attached hydrogen (secondary N) is 1. The number of carbonyl (C=O) groups excluding carboxylic acids is 3. The predicted octanol–water partition coefficient (Wildman–Crippen LogP) is 3.83. The number of rotatable bonds is 3. The lowest BCUT2D eigenvalue weighted by molar-refractivity contribution is -0.127. The third-order valence-corrected chi connectivity index (χ3v) is 8.11. The Bertz CT molecular complexity index is 1400. The number of nitrogens with zero attached hydrogens (tertiary/aromatic N) is 2. The summed E-state index contributed by atoms with van der Waals surface area (Å²) in [6, 6.07) is 22.5. The first-order valence-corrected chi connectivity index (χ1v) is 12.0. The Balaban J connectivity index is 1.57. The molecule has 0 saturated carbocycles. The molecule has 2 spiro atoms.